The van der Waals surface area contributed by atoms with Gasteiger partial charge in [0, 0.05) is 13.1 Å². The fourth-order valence-electron chi connectivity index (χ4n) is 1.75. The minimum Gasteiger partial charge on any atom is -0.353 e. The third-order valence-electron chi connectivity index (χ3n) is 2.81. The maximum atomic E-state index is 11.0. The molecule has 0 spiro atoms. The molecule has 23 heavy (non-hydrogen) atoms. The molecule has 1 atom stereocenters. The van der Waals surface area contributed by atoms with Crippen LogP contribution in [0.25, 0.3) is 0 Å². The molecule has 1 unspecified atom stereocenters. The first-order valence-electron chi connectivity index (χ1n) is 7.07. The molecule has 1 aromatic carbocycles. The van der Waals surface area contributed by atoms with E-state index in [2.05, 4.69) is 26.9 Å². The number of benzene rings is 1. The van der Waals surface area contributed by atoms with Crippen LogP contribution >= 0.6 is 24.0 Å². The number of rotatable bonds is 8. The average Bonchev–Trinajstić information content (AvgIpc) is 2.48. The van der Waals surface area contributed by atoms with E-state index < -0.39 is 10.0 Å². The number of guanidine groups is 1. The van der Waals surface area contributed by atoms with Gasteiger partial charge in [-0.25, -0.2) is 13.1 Å². The zero-order chi connectivity index (χ0) is 16.4. The summed E-state index contributed by atoms with van der Waals surface area (Å²) in [6, 6.07) is 10.1. The number of hydrogen-bond acceptors (Lipinski definition) is 3. The predicted octanol–water partition coefficient (Wildman–Crippen LogP) is 1.64. The van der Waals surface area contributed by atoms with E-state index in [1.54, 1.807) is 6.08 Å². The summed E-state index contributed by atoms with van der Waals surface area (Å²) < 4.78 is 24.4. The molecule has 0 heterocycles. The second kappa shape index (κ2) is 11.4. The van der Waals surface area contributed by atoms with Crippen molar-refractivity contribution in [2.45, 2.75) is 13.0 Å². The lowest BCUT2D eigenvalue weighted by molar-refractivity contribution is 0.588. The lowest BCUT2D eigenvalue weighted by Crippen LogP contribution is -2.39. The topological polar surface area (TPSA) is 82.6 Å². The van der Waals surface area contributed by atoms with Crippen molar-refractivity contribution in [3.8, 4) is 0 Å². The molecule has 0 aliphatic heterocycles. The normalized spacial score (nSPS) is 12.9. The van der Waals surface area contributed by atoms with E-state index in [4.69, 9.17) is 0 Å². The van der Waals surface area contributed by atoms with Gasteiger partial charge in [0.2, 0.25) is 10.0 Å². The smallest absolute Gasteiger partial charge is 0.208 e. The Hall–Kier alpha value is -1.13. The van der Waals surface area contributed by atoms with Gasteiger partial charge in [0.25, 0.3) is 0 Å². The van der Waals surface area contributed by atoms with Crippen molar-refractivity contribution in [3.05, 3.63) is 48.6 Å². The van der Waals surface area contributed by atoms with Gasteiger partial charge in [-0.2, -0.15) is 0 Å². The fourth-order valence-corrected chi connectivity index (χ4v) is 2.21. The molecule has 3 N–H and O–H groups in total. The van der Waals surface area contributed by atoms with E-state index in [0.29, 0.717) is 19.0 Å². The van der Waals surface area contributed by atoms with E-state index in [-0.39, 0.29) is 36.6 Å². The summed E-state index contributed by atoms with van der Waals surface area (Å²) in [6.45, 7) is 6.89. The Kier molecular flexibility index (Phi) is 10.9. The zero-order valence-corrected chi connectivity index (χ0v) is 16.6. The minimum atomic E-state index is -3.18. The van der Waals surface area contributed by atoms with Crippen LogP contribution in [-0.2, 0) is 10.0 Å². The summed E-state index contributed by atoms with van der Waals surface area (Å²) >= 11 is 0. The van der Waals surface area contributed by atoms with Crippen LogP contribution in [0, 0.1) is 0 Å². The Morgan fingerprint density at radius 3 is 2.57 bits per heavy atom. The molecule has 0 amide bonds. The van der Waals surface area contributed by atoms with Crippen molar-refractivity contribution in [1.29, 1.82) is 0 Å². The highest BCUT2D eigenvalue weighted by molar-refractivity contribution is 14.0. The van der Waals surface area contributed by atoms with Gasteiger partial charge in [-0.05, 0) is 12.5 Å². The largest absolute Gasteiger partial charge is 0.353 e. The molecule has 8 heteroatoms. The molecular formula is C15H25IN4O2S. The first kappa shape index (κ1) is 21.9. The third-order valence-corrected chi connectivity index (χ3v) is 3.54. The minimum absolute atomic E-state index is 0. The van der Waals surface area contributed by atoms with Crippen LogP contribution in [-0.4, -0.2) is 40.3 Å². The quantitative estimate of drug-likeness (QED) is 0.184. The van der Waals surface area contributed by atoms with Gasteiger partial charge in [-0.1, -0.05) is 36.4 Å². The number of halogens is 1. The zero-order valence-electron chi connectivity index (χ0n) is 13.5. The molecule has 0 saturated heterocycles. The highest BCUT2D eigenvalue weighted by atomic mass is 127. The molecule has 0 bridgehead atoms. The molecule has 0 aliphatic carbocycles. The number of sulfonamides is 1. The van der Waals surface area contributed by atoms with Crippen molar-refractivity contribution < 1.29 is 8.42 Å². The van der Waals surface area contributed by atoms with Gasteiger partial charge in [0.1, 0.15) is 0 Å². The lowest BCUT2D eigenvalue weighted by atomic mass is 10.1. The first-order chi connectivity index (χ1) is 10.4. The second-order valence-electron chi connectivity index (χ2n) is 4.84. The van der Waals surface area contributed by atoms with E-state index in [9.17, 15) is 8.42 Å². The molecular weight excluding hydrogens is 427 g/mol. The van der Waals surface area contributed by atoms with Crippen LogP contribution in [0.1, 0.15) is 18.5 Å². The monoisotopic (exact) mass is 452 g/mol. The van der Waals surface area contributed by atoms with Gasteiger partial charge in [-0.15, -0.1) is 30.6 Å². The van der Waals surface area contributed by atoms with Crippen LogP contribution < -0.4 is 15.4 Å². The highest BCUT2D eigenvalue weighted by Gasteiger charge is 2.07. The van der Waals surface area contributed by atoms with Gasteiger partial charge in [0.05, 0.1) is 18.8 Å². The van der Waals surface area contributed by atoms with Crippen molar-refractivity contribution in [3.63, 3.8) is 0 Å². The van der Waals surface area contributed by atoms with Gasteiger partial charge in [0.15, 0.2) is 5.96 Å². The second-order valence-corrected chi connectivity index (χ2v) is 6.68. The lowest BCUT2D eigenvalue weighted by Gasteiger charge is -2.18. The van der Waals surface area contributed by atoms with Gasteiger partial charge >= 0.3 is 0 Å². The number of hydrogen-bond donors (Lipinski definition) is 3. The Morgan fingerprint density at radius 2 is 2.00 bits per heavy atom. The molecule has 130 valence electrons. The molecule has 0 radical (unpaired) electrons. The maximum absolute atomic E-state index is 11.0. The van der Waals surface area contributed by atoms with Crippen molar-refractivity contribution in [2.75, 3.05) is 25.9 Å². The van der Waals surface area contributed by atoms with Crippen molar-refractivity contribution in [2.24, 2.45) is 4.99 Å². The molecule has 0 aromatic heterocycles. The van der Waals surface area contributed by atoms with Crippen LogP contribution in [0.15, 0.2) is 48.0 Å². The van der Waals surface area contributed by atoms with Crippen molar-refractivity contribution in [1.82, 2.24) is 15.4 Å². The average molecular weight is 452 g/mol. The summed E-state index contributed by atoms with van der Waals surface area (Å²) in [4.78, 5) is 4.35. The fraction of sp³-hybridized carbons (Fsp3) is 0.400. The van der Waals surface area contributed by atoms with E-state index in [0.717, 1.165) is 11.8 Å². The Bertz CT molecular complexity index is 591. The molecule has 0 fully saturated rings. The van der Waals surface area contributed by atoms with E-state index in [1.165, 1.54) is 0 Å². The first-order valence-corrected chi connectivity index (χ1v) is 8.97. The third kappa shape index (κ3) is 10.3. The van der Waals surface area contributed by atoms with E-state index >= 15 is 0 Å². The van der Waals surface area contributed by atoms with Crippen LogP contribution in [0.4, 0.5) is 0 Å². The summed E-state index contributed by atoms with van der Waals surface area (Å²) in [5.41, 5.74) is 1.14. The molecule has 1 rings (SSSR count). The molecule has 0 aliphatic rings. The van der Waals surface area contributed by atoms with E-state index in [1.807, 2.05) is 37.3 Å². The predicted molar refractivity (Wildman–Crippen MR) is 107 cm³/mol. The maximum Gasteiger partial charge on any atom is 0.208 e. The Balaban J connectivity index is 0.00000484. The van der Waals surface area contributed by atoms with Gasteiger partial charge in [-0.3, -0.25) is 4.99 Å². The summed E-state index contributed by atoms with van der Waals surface area (Å²) in [6.07, 6.45) is 2.86. The Labute approximate surface area is 155 Å². The van der Waals surface area contributed by atoms with Crippen LogP contribution in [0.2, 0.25) is 0 Å². The SMILES string of the molecule is C=CCNC(=NCCNS(C)(=O)=O)NC(C)c1ccccc1.I. The standard InChI is InChI=1S/C15H24N4O2S.HI/c1-4-10-16-15(17-11-12-18-22(3,20)21)19-13(2)14-8-6-5-7-9-14;/h4-9,13,18H,1,10-12H2,2-3H3,(H2,16,17,19);1H. The number of nitrogens with one attached hydrogen (secondary N) is 3. The van der Waals surface area contributed by atoms with Crippen LogP contribution in [0.5, 0.6) is 0 Å². The molecule has 0 saturated carbocycles. The summed E-state index contributed by atoms with van der Waals surface area (Å²) in [7, 11) is -3.18. The highest BCUT2D eigenvalue weighted by Crippen LogP contribution is 2.10. The Morgan fingerprint density at radius 1 is 1.35 bits per heavy atom. The molecule has 6 nitrogen and oxygen atoms in total. The number of aliphatic imine (C=N–C) groups is 1. The van der Waals surface area contributed by atoms with Gasteiger partial charge < -0.3 is 10.6 Å². The summed E-state index contributed by atoms with van der Waals surface area (Å²) in [5.74, 6) is 0.617. The summed E-state index contributed by atoms with van der Waals surface area (Å²) in [5, 5.41) is 6.39. The van der Waals surface area contributed by atoms with Crippen LogP contribution in [0.3, 0.4) is 0 Å². The van der Waals surface area contributed by atoms with Crippen molar-refractivity contribution >= 4 is 40.0 Å². The number of nitrogens with zero attached hydrogens (tertiary/aromatic N) is 1. The molecule has 1 aromatic rings.